The van der Waals surface area contributed by atoms with Crippen molar-refractivity contribution in [3.63, 3.8) is 0 Å². The summed E-state index contributed by atoms with van der Waals surface area (Å²) in [4.78, 5) is 32.2. The van der Waals surface area contributed by atoms with Gasteiger partial charge in [-0.05, 0) is 43.7 Å². The van der Waals surface area contributed by atoms with Crippen molar-refractivity contribution in [2.75, 3.05) is 5.32 Å². The number of para-hydroxylation sites is 2. The lowest BCUT2D eigenvalue weighted by Crippen LogP contribution is -2.21. The number of imidazole rings is 1. The van der Waals surface area contributed by atoms with Crippen LogP contribution in [0.15, 0.2) is 36.4 Å². The summed E-state index contributed by atoms with van der Waals surface area (Å²) >= 11 is 0. The predicted molar refractivity (Wildman–Crippen MR) is 89.0 cm³/mol. The van der Waals surface area contributed by atoms with Gasteiger partial charge in [-0.15, -0.1) is 0 Å². The second-order valence-corrected chi connectivity index (χ2v) is 5.53. The number of pyridine rings is 1. The van der Waals surface area contributed by atoms with E-state index in [1.807, 2.05) is 19.9 Å². The van der Waals surface area contributed by atoms with Gasteiger partial charge in [0.25, 0.3) is 5.91 Å². The van der Waals surface area contributed by atoms with Crippen LogP contribution in [-0.4, -0.2) is 31.5 Å². The molecule has 0 aliphatic carbocycles. The number of carbonyl (C=O) groups excluding carboxylic acids is 1. The minimum atomic E-state index is -1.04. The Labute approximate surface area is 138 Å². The van der Waals surface area contributed by atoms with E-state index in [0.29, 0.717) is 16.9 Å². The van der Waals surface area contributed by atoms with Crippen molar-refractivity contribution in [3.8, 4) is 0 Å². The molecule has 1 amide bonds. The molecular formula is C17H16N4O3. The van der Waals surface area contributed by atoms with Crippen LogP contribution in [0.5, 0.6) is 0 Å². The first-order chi connectivity index (χ1) is 11.4. The van der Waals surface area contributed by atoms with Gasteiger partial charge in [-0.25, -0.2) is 9.97 Å². The zero-order valence-electron chi connectivity index (χ0n) is 13.3. The third kappa shape index (κ3) is 3.10. The first-order valence-electron chi connectivity index (χ1n) is 7.38. The zero-order valence-corrected chi connectivity index (χ0v) is 13.3. The van der Waals surface area contributed by atoms with Crippen LogP contribution < -0.4 is 5.32 Å². The summed E-state index contributed by atoms with van der Waals surface area (Å²) in [6, 6.07) is 10.7. The maximum Gasteiger partial charge on any atom is 0.323 e. The summed E-state index contributed by atoms with van der Waals surface area (Å²) in [5, 5.41) is 11.8. The summed E-state index contributed by atoms with van der Waals surface area (Å²) in [5.74, 6) is -1.09. The van der Waals surface area contributed by atoms with E-state index in [0.717, 1.165) is 11.3 Å². The molecule has 122 valence electrons. The second-order valence-electron chi connectivity index (χ2n) is 5.53. The number of rotatable bonds is 4. The zero-order chi connectivity index (χ0) is 17.3. The van der Waals surface area contributed by atoms with Gasteiger partial charge in [-0.2, -0.15) is 0 Å². The van der Waals surface area contributed by atoms with Crippen molar-refractivity contribution >= 4 is 28.7 Å². The first-order valence-corrected chi connectivity index (χ1v) is 7.38. The minimum Gasteiger partial charge on any atom is -0.480 e. The number of aliphatic carboxylic acids is 1. The average molecular weight is 324 g/mol. The van der Waals surface area contributed by atoms with Crippen molar-refractivity contribution in [3.05, 3.63) is 53.5 Å². The fourth-order valence-corrected chi connectivity index (χ4v) is 2.62. The highest BCUT2D eigenvalue weighted by Gasteiger charge is 2.19. The van der Waals surface area contributed by atoms with Crippen LogP contribution in [-0.2, 0) is 11.3 Å². The highest BCUT2D eigenvalue weighted by atomic mass is 16.4. The third-order valence-electron chi connectivity index (χ3n) is 3.49. The molecule has 0 saturated carbocycles. The number of anilines is 1. The maximum absolute atomic E-state index is 12.6. The number of hydrogen-bond acceptors (Lipinski definition) is 4. The number of carboxylic acid groups (broad SMARTS) is 1. The summed E-state index contributed by atoms with van der Waals surface area (Å²) in [6.07, 6.45) is 0. The third-order valence-corrected chi connectivity index (χ3v) is 3.49. The van der Waals surface area contributed by atoms with Crippen LogP contribution in [0.3, 0.4) is 0 Å². The van der Waals surface area contributed by atoms with Crippen molar-refractivity contribution in [2.45, 2.75) is 20.4 Å². The molecule has 0 aliphatic heterocycles. The molecule has 7 nitrogen and oxygen atoms in total. The Morgan fingerprint density at radius 3 is 2.62 bits per heavy atom. The summed E-state index contributed by atoms with van der Waals surface area (Å²) in [7, 11) is 0. The van der Waals surface area contributed by atoms with Crippen molar-refractivity contribution in [2.24, 2.45) is 0 Å². The Hall–Kier alpha value is -3.22. The molecule has 0 fully saturated rings. The lowest BCUT2D eigenvalue weighted by molar-refractivity contribution is -0.137. The number of amides is 1. The Kier molecular flexibility index (Phi) is 3.99. The van der Waals surface area contributed by atoms with E-state index in [4.69, 9.17) is 5.11 Å². The lowest BCUT2D eigenvalue weighted by Gasteiger charge is -2.08. The Balaban J connectivity index is 2.01. The molecule has 0 radical (unpaired) electrons. The maximum atomic E-state index is 12.6. The predicted octanol–water partition coefficient (Wildman–Crippen LogP) is 2.39. The Morgan fingerprint density at radius 2 is 1.92 bits per heavy atom. The van der Waals surface area contributed by atoms with E-state index < -0.39 is 11.9 Å². The number of carboxylic acids is 1. The van der Waals surface area contributed by atoms with Gasteiger partial charge in [0.2, 0.25) is 5.82 Å². The van der Waals surface area contributed by atoms with Crippen molar-refractivity contribution < 1.29 is 14.7 Å². The van der Waals surface area contributed by atoms with Gasteiger partial charge in [0.1, 0.15) is 12.4 Å². The number of benzene rings is 1. The van der Waals surface area contributed by atoms with Crippen LogP contribution in [0.2, 0.25) is 0 Å². The number of hydrogen-bond donors (Lipinski definition) is 2. The number of aryl methyl sites for hydroxylation is 2. The van der Waals surface area contributed by atoms with Gasteiger partial charge in [0.05, 0.1) is 11.0 Å². The van der Waals surface area contributed by atoms with Gasteiger partial charge in [0, 0.05) is 5.69 Å². The lowest BCUT2D eigenvalue weighted by atomic mass is 10.2. The van der Waals surface area contributed by atoms with E-state index in [-0.39, 0.29) is 12.4 Å². The summed E-state index contributed by atoms with van der Waals surface area (Å²) in [6.45, 7) is 3.40. The Morgan fingerprint density at radius 1 is 1.17 bits per heavy atom. The molecule has 24 heavy (non-hydrogen) atoms. The number of aromatic nitrogens is 3. The van der Waals surface area contributed by atoms with Gasteiger partial charge < -0.3 is 15.0 Å². The van der Waals surface area contributed by atoms with E-state index in [2.05, 4.69) is 15.3 Å². The molecule has 0 bridgehead atoms. The van der Waals surface area contributed by atoms with Crippen molar-refractivity contribution in [1.29, 1.82) is 0 Å². The monoisotopic (exact) mass is 324 g/mol. The molecule has 2 heterocycles. The van der Waals surface area contributed by atoms with Crippen LogP contribution in [0.1, 0.15) is 21.9 Å². The summed E-state index contributed by atoms with van der Waals surface area (Å²) < 4.78 is 1.38. The smallest absolute Gasteiger partial charge is 0.323 e. The number of fused-ring (bicyclic) bond motifs is 1. The molecule has 0 unspecified atom stereocenters. The van der Waals surface area contributed by atoms with E-state index in [1.54, 1.807) is 30.3 Å². The SMILES string of the molecule is Cc1cc(C)nc(NC(=O)c2nc3ccccc3n2CC(=O)O)c1. The van der Waals surface area contributed by atoms with Gasteiger partial charge in [0.15, 0.2) is 0 Å². The first kappa shape index (κ1) is 15.7. The molecule has 0 saturated heterocycles. The standard InChI is InChI=1S/C17H16N4O3/c1-10-7-11(2)18-14(8-10)20-17(24)16-19-12-5-3-4-6-13(12)21(16)9-15(22)23/h3-8H,9H2,1-2H3,(H,22,23)(H,18,20,24). The van der Waals surface area contributed by atoms with Crippen LogP contribution >= 0.6 is 0 Å². The summed E-state index contributed by atoms with van der Waals surface area (Å²) in [5.41, 5.74) is 2.91. The number of carbonyl (C=O) groups is 2. The fourth-order valence-electron chi connectivity index (χ4n) is 2.62. The quantitative estimate of drug-likeness (QED) is 0.768. The molecule has 0 atom stereocenters. The highest BCUT2D eigenvalue weighted by molar-refractivity contribution is 6.03. The number of nitrogens with one attached hydrogen (secondary N) is 1. The fraction of sp³-hybridized carbons (Fsp3) is 0.176. The second kappa shape index (κ2) is 6.11. The molecule has 2 aromatic heterocycles. The van der Waals surface area contributed by atoms with Crippen LogP contribution in [0, 0.1) is 13.8 Å². The van der Waals surface area contributed by atoms with Crippen LogP contribution in [0.4, 0.5) is 5.82 Å². The highest BCUT2D eigenvalue weighted by Crippen LogP contribution is 2.17. The molecular weight excluding hydrogens is 308 g/mol. The molecule has 3 rings (SSSR count). The van der Waals surface area contributed by atoms with Gasteiger partial charge >= 0.3 is 5.97 Å². The molecule has 7 heteroatoms. The average Bonchev–Trinajstić information content (AvgIpc) is 2.84. The van der Waals surface area contributed by atoms with Gasteiger partial charge in [-0.3, -0.25) is 9.59 Å². The Bertz CT molecular complexity index is 926. The normalized spacial score (nSPS) is 10.8. The van der Waals surface area contributed by atoms with Gasteiger partial charge in [-0.1, -0.05) is 12.1 Å². The molecule has 3 aromatic rings. The van der Waals surface area contributed by atoms with E-state index in [9.17, 15) is 9.59 Å². The van der Waals surface area contributed by atoms with E-state index in [1.165, 1.54) is 4.57 Å². The van der Waals surface area contributed by atoms with Crippen LogP contribution in [0.25, 0.3) is 11.0 Å². The number of nitrogens with zero attached hydrogens (tertiary/aromatic N) is 3. The molecule has 0 spiro atoms. The van der Waals surface area contributed by atoms with E-state index >= 15 is 0 Å². The minimum absolute atomic E-state index is 0.0413. The molecule has 0 aliphatic rings. The molecule has 1 aromatic carbocycles. The molecule has 2 N–H and O–H groups in total. The topological polar surface area (TPSA) is 97.1 Å². The van der Waals surface area contributed by atoms with Crippen molar-refractivity contribution in [1.82, 2.24) is 14.5 Å². The largest absolute Gasteiger partial charge is 0.480 e.